The van der Waals surface area contributed by atoms with E-state index in [1.165, 1.54) is 5.56 Å². The normalized spacial score (nSPS) is 10.6. The number of H-pyrrole nitrogens is 1. The average Bonchev–Trinajstić information content (AvgIpc) is 2.60. The zero-order chi connectivity index (χ0) is 17.1. The molecule has 0 bridgehead atoms. The molecule has 5 heteroatoms. The largest absolute Gasteiger partial charge is 0.355 e. The molecule has 0 atom stereocenters. The van der Waals surface area contributed by atoms with E-state index in [9.17, 15) is 4.79 Å². The summed E-state index contributed by atoms with van der Waals surface area (Å²) < 4.78 is 0. The van der Waals surface area contributed by atoms with Crippen molar-refractivity contribution in [1.82, 2.24) is 15.0 Å². The van der Waals surface area contributed by atoms with Crippen molar-refractivity contribution >= 4 is 5.82 Å². The molecule has 122 valence electrons. The van der Waals surface area contributed by atoms with E-state index in [-0.39, 0.29) is 5.56 Å². The predicted octanol–water partition coefficient (Wildman–Crippen LogP) is 3.09. The number of aromatic amines is 1. The van der Waals surface area contributed by atoms with Crippen LogP contribution in [-0.2, 0) is 6.54 Å². The Balaban J connectivity index is 1.82. The summed E-state index contributed by atoms with van der Waals surface area (Å²) in [7, 11) is 2.01. The molecule has 1 N–H and O–H groups in total. The van der Waals surface area contributed by atoms with Crippen LogP contribution in [0.25, 0.3) is 11.4 Å². The van der Waals surface area contributed by atoms with Gasteiger partial charge in [0, 0.05) is 36.6 Å². The first kappa shape index (κ1) is 15.9. The van der Waals surface area contributed by atoms with Crippen LogP contribution < -0.4 is 10.5 Å². The van der Waals surface area contributed by atoms with E-state index in [1.807, 2.05) is 44.3 Å². The lowest BCUT2D eigenvalue weighted by molar-refractivity contribution is 0.897. The fourth-order valence-corrected chi connectivity index (χ4v) is 2.47. The van der Waals surface area contributed by atoms with Crippen molar-refractivity contribution in [2.75, 3.05) is 11.9 Å². The molecule has 0 amide bonds. The van der Waals surface area contributed by atoms with E-state index in [4.69, 9.17) is 0 Å². The average molecular weight is 320 g/mol. The highest BCUT2D eigenvalue weighted by atomic mass is 16.1. The SMILES string of the molecule is Cc1nc(-c2ccc(N(C)Cc3ccccc3)nc2)[nH]c(=O)c1C. The summed E-state index contributed by atoms with van der Waals surface area (Å²) in [6.07, 6.45) is 1.74. The van der Waals surface area contributed by atoms with E-state index in [2.05, 4.69) is 32.0 Å². The third-order valence-corrected chi connectivity index (χ3v) is 4.07. The van der Waals surface area contributed by atoms with Gasteiger partial charge in [-0.2, -0.15) is 0 Å². The van der Waals surface area contributed by atoms with Gasteiger partial charge in [0.05, 0.1) is 0 Å². The maximum atomic E-state index is 11.9. The summed E-state index contributed by atoms with van der Waals surface area (Å²) in [6, 6.07) is 14.1. The molecule has 3 aromatic rings. The molecule has 0 spiro atoms. The highest BCUT2D eigenvalue weighted by Crippen LogP contribution is 2.18. The Morgan fingerprint density at radius 3 is 2.46 bits per heavy atom. The standard InChI is InChI=1S/C19H20N4O/c1-13-14(2)21-18(22-19(13)24)16-9-10-17(20-11-16)23(3)12-15-7-5-4-6-8-15/h4-11H,12H2,1-3H3,(H,21,22,24). The lowest BCUT2D eigenvalue weighted by atomic mass is 10.2. The molecular weight excluding hydrogens is 300 g/mol. The molecule has 2 heterocycles. The zero-order valence-corrected chi connectivity index (χ0v) is 14.1. The molecule has 0 aliphatic carbocycles. The van der Waals surface area contributed by atoms with Crippen LogP contribution in [0.1, 0.15) is 16.8 Å². The van der Waals surface area contributed by atoms with Gasteiger partial charge in [0.1, 0.15) is 11.6 Å². The van der Waals surface area contributed by atoms with Gasteiger partial charge in [0.2, 0.25) is 0 Å². The highest BCUT2D eigenvalue weighted by molar-refractivity contribution is 5.56. The van der Waals surface area contributed by atoms with Crippen molar-refractivity contribution in [3.05, 3.63) is 75.8 Å². The minimum atomic E-state index is -0.109. The van der Waals surface area contributed by atoms with Crippen LogP contribution in [0.15, 0.2) is 53.5 Å². The molecule has 0 aliphatic rings. The first-order valence-corrected chi connectivity index (χ1v) is 7.83. The molecular formula is C19H20N4O. The van der Waals surface area contributed by atoms with Crippen LogP contribution in [0.2, 0.25) is 0 Å². The third-order valence-electron chi connectivity index (χ3n) is 4.07. The van der Waals surface area contributed by atoms with Gasteiger partial charge < -0.3 is 9.88 Å². The second kappa shape index (κ2) is 6.66. The predicted molar refractivity (Wildman–Crippen MR) is 96.1 cm³/mol. The number of nitrogens with one attached hydrogen (secondary N) is 1. The quantitative estimate of drug-likeness (QED) is 0.802. The van der Waals surface area contributed by atoms with Gasteiger partial charge in [0.25, 0.3) is 5.56 Å². The number of aromatic nitrogens is 3. The molecule has 0 saturated heterocycles. The van der Waals surface area contributed by atoms with Crippen molar-refractivity contribution in [3.63, 3.8) is 0 Å². The van der Waals surface area contributed by atoms with E-state index >= 15 is 0 Å². The Bertz CT molecular complexity index is 885. The van der Waals surface area contributed by atoms with Gasteiger partial charge in [-0.25, -0.2) is 9.97 Å². The van der Waals surface area contributed by atoms with Crippen molar-refractivity contribution in [2.24, 2.45) is 0 Å². The number of hydrogen-bond acceptors (Lipinski definition) is 4. The van der Waals surface area contributed by atoms with E-state index in [0.717, 1.165) is 23.6 Å². The summed E-state index contributed by atoms with van der Waals surface area (Å²) in [4.78, 5) is 25.7. The Morgan fingerprint density at radius 1 is 1.08 bits per heavy atom. The van der Waals surface area contributed by atoms with E-state index in [1.54, 1.807) is 13.1 Å². The summed E-state index contributed by atoms with van der Waals surface area (Å²) in [6.45, 7) is 4.39. The van der Waals surface area contributed by atoms with Crippen molar-refractivity contribution in [2.45, 2.75) is 20.4 Å². The van der Waals surface area contributed by atoms with Crippen LogP contribution >= 0.6 is 0 Å². The van der Waals surface area contributed by atoms with Crippen molar-refractivity contribution < 1.29 is 0 Å². The van der Waals surface area contributed by atoms with Gasteiger partial charge in [-0.3, -0.25) is 4.79 Å². The Labute approximate surface area is 141 Å². The summed E-state index contributed by atoms with van der Waals surface area (Å²) in [5, 5.41) is 0. The fourth-order valence-electron chi connectivity index (χ4n) is 2.47. The number of pyridine rings is 1. The first-order valence-electron chi connectivity index (χ1n) is 7.83. The number of anilines is 1. The van der Waals surface area contributed by atoms with Crippen LogP contribution in [0.3, 0.4) is 0 Å². The first-order chi connectivity index (χ1) is 11.5. The Kier molecular flexibility index (Phi) is 4.42. The number of nitrogens with zero attached hydrogens (tertiary/aromatic N) is 3. The Hall–Kier alpha value is -2.95. The van der Waals surface area contributed by atoms with Crippen LogP contribution in [0.4, 0.5) is 5.82 Å². The minimum Gasteiger partial charge on any atom is -0.355 e. The van der Waals surface area contributed by atoms with Gasteiger partial charge in [-0.15, -0.1) is 0 Å². The highest BCUT2D eigenvalue weighted by Gasteiger charge is 2.08. The molecule has 0 fully saturated rings. The molecule has 0 radical (unpaired) electrons. The van der Waals surface area contributed by atoms with Gasteiger partial charge in [-0.05, 0) is 31.5 Å². The van der Waals surface area contributed by atoms with Gasteiger partial charge in [0.15, 0.2) is 0 Å². The van der Waals surface area contributed by atoms with Gasteiger partial charge >= 0.3 is 0 Å². The van der Waals surface area contributed by atoms with Crippen molar-refractivity contribution in [3.8, 4) is 11.4 Å². The van der Waals surface area contributed by atoms with Crippen LogP contribution in [0.5, 0.6) is 0 Å². The molecule has 24 heavy (non-hydrogen) atoms. The Morgan fingerprint density at radius 2 is 1.83 bits per heavy atom. The molecule has 0 aliphatic heterocycles. The molecule has 5 nitrogen and oxygen atoms in total. The van der Waals surface area contributed by atoms with E-state index < -0.39 is 0 Å². The van der Waals surface area contributed by atoms with Gasteiger partial charge in [-0.1, -0.05) is 30.3 Å². The van der Waals surface area contributed by atoms with Crippen LogP contribution in [0, 0.1) is 13.8 Å². The zero-order valence-electron chi connectivity index (χ0n) is 14.1. The molecule has 0 saturated carbocycles. The van der Waals surface area contributed by atoms with Crippen LogP contribution in [-0.4, -0.2) is 22.0 Å². The summed E-state index contributed by atoms with van der Waals surface area (Å²) in [5.74, 6) is 1.42. The summed E-state index contributed by atoms with van der Waals surface area (Å²) in [5.41, 5.74) is 3.30. The summed E-state index contributed by atoms with van der Waals surface area (Å²) >= 11 is 0. The fraction of sp³-hybridized carbons (Fsp3) is 0.211. The number of benzene rings is 1. The maximum Gasteiger partial charge on any atom is 0.254 e. The number of rotatable bonds is 4. The van der Waals surface area contributed by atoms with Crippen molar-refractivity contribution in [1.29, 1.82) is 0 Å². The molecule has 2 aromatic heterocycles. The number of aryl methyl sites for hydroxylation is 1. The second-order valence-electron chi connectivity index (χ2n) is 5.87. The monoisotopic (exact) mass is 320 g/mol. The second-order valence-corrected chi connectivity index (χ2v) is 5.87. The molecule has 3 rings (SSSR count). The minimum absolute atomic E-state index is 0.109. The van der Waals surface area contributed by atoms with E-state index in [0.29, 0.717) is 11.4 Å². The smallest absolute Gasteiger partial charge is 0.254 e. The lowest BCUT2D eigenvalue weighted by Crippen LogP contribution is -2.17. The topological polar surface area (TPSA) is 61.9 Å². The lowest BCUT2D eigenvalue weighted by Gasteiger charge is -2.18. The maximum absolute atomic E-state index is 11.9. The molecule has 0 unspecified atom stereocenters. The number of hydrogen-bond donors (Lipinski definition) is 1. The molecule has 1 aromatic carbocycles. The third kappa shape index (κ3) is 3.35.